The number of aliphatic hydroxyl groups is 17. The quantitative estimate of drug-likeness (QED) is 0.0112. The molecule has 2 amide bonds. The molecule has 0 aliphatic carbocycles. The number of esters is 1. The van der Waals surface area contributed by atoms with Crippen molar-refractivity contribution in [3.63, 3.8) is 0 Å². The van der Waals surface area contributed by atoms with Gasteiger partial charge >= 0.3 is 5.97 Å². The molecule has 0 bridgehead atoms. The van der Waals surface area contributed by atoms with Gasteiger partial charge in [-0.2, -0.15) is 0 Å². The van der Waals surface area contributed by atoms with Crippen LogP contribution in [0.4, 0.5) is 5.69 Å². The zero-order chi connectivity index (χ0) is 68.1. The van der Waals surface area contributed by atoms with Gasteiger partial charge in [0, 0.05) is 45.0 Å². The fourth-order valence-corrected chi connectivity index (χ4v) is 11.3. The molecule has 93 heavy (non-hydrogen) atoms. The van der Waals surface area contributed by atoms with Gasteiger partial charge in [-0.05, 0) is 51.2 Å². The lowest BCUT2D eigenvalue weighted by atomic mass is 9.94. The number of hydrogen-bond acceptors (Lipinski definition) is 35. The molecule has 19 N–H and O–H groups in total. The van der Waals surface area contributed by atoms with E-state index in [0.29, 0.717) is 38.6 Å². The first kappa shape index (κ1) is 76.2. The normalized spacial score (nSPS) is 41.5. The van der Waals surface area contributed by atoms with Crippen molar-refractivity contribution in [3.8, 4) is 5.75 Å². The maximum Gasteiger partial charge on any atom is 0.311 e. The minimum Gasteiger partial charge on any atom is -0.427 e. The number of rotatable bonds is 30. The Hall–Kier alpha value is -4.13. The summed E-state index contributed by atoms with van der Waals surface area (Å²) < 4.78 is 74.7. The second-order valence-electron chi connectivity index (χ2n) is 23.2. The Bertz CT molecular complexity index is 2480. The molecule has 6 fully saturated rings. The lowest BCUT2D eigenvalue weighted by molar-refractivity contribution is -0.393. The Morgan fingerprint density at radius 3 is 1.53 bits per heavy atom. The maximum absolute atomic E-state index is 12.9. The van der Waals surface area contributed by atoms with Crippen LogP contribution in [0.15, 0.2) is 24.3 Å². The van der Waals surface area contributed by atoms with Crippen LogP contribution in [-0.2, 0) is 71.2 Å². The molecule has 0 spiro atoms. The molecule has 30 atom stereocenters. The van der Waals surface area contributed by atoms with E-state index in [0.717, 1.165) is 6.92 Å². The molecule has 38 nitrogen and oxygen atoms in total. The van der Waals surface area contributed by atoms with E-state index < -0.39 is 234 Å². The zero-order valence-corrected chi connectivity index (χ0v) is 50.4. The van der Waals surface area contributed by atoms with Gasteiger partial charge in [0.05, 0.1) is 44.1 Å². The Kier molecular flexibility index (Phi) is 29.0. The number of carbonyl (C=O) groups excluding carboxylic acids is 3. The van der Waals surface area contributed by atoms with E-state index in [1.54, 1.807) is 0 Å². The van der Waals surface area contributed by atoms with Crippen LogP contribution in [0.2, 0.25) is 0 Å². The van der Waals surface area contributed by atoms with Crippen LogP contribution in [0, 0.1) is 10.1 Å². The molecule has 6 saturated heterocycles. The molecule has 38 heteroatoms. The smallest absolute Gasteiger partial charge is 0.311 e. The average Bonchev–Trinajstić information content (AvgIpc) is 0.806. The lowest BCUT2D eigenvalue weighted by Crippen LogP contribution is -2.70. The summed E-state index contributed by atoms with van der Waals surface area (Å²) in [5, 5.41) is 202. The van der Waals surface area contributed by atoms with Crippen molar-refractivity contribution in [2.24, 2.45) is 0 Å². The number of nitrogens with zero attached hydrogens (tertiary/aromatic N) is 1. The van der Waals surface area contributed by atoms with Crippen molar-refractivity contribution in [3.05, 3.63) is 34.4 Å². The fraction of sp³-hybridized carbons (Fsp3) is 0.836. The van der Waals surface area contributed by atoms with Crippen molar-refractivity contribution >= 4 is 23.5 Å². The van der Waals surface area contributed by atoms with Crippen molar-refractivity contribution in [1.29, 1.82) is 0 Å². The third-order valence-corrected chi connectivity index (χ3v) is 16.5. The molecule has 532 valence electrons. The van der Waals surface area contributed by atoms with Crippen molar-refractivity contribution in [2.75, 3.05) is 46.2 Å². The highest BCUT2D eigenvalue weighted by atomic mass is 16.8. The second kappa shape index (κ2) is 35.4. The number of carbonyl (C=O) groups is 3. The summed E-state index contributed by atoms with van der Waals surface area (Å²) in [5.41, 5.74) is -0.154. The van der Waals surface area contributed by atoms with Crippen LogP contribution in [0.5, 0.6) is 5.75 Å². The first-order valence-corrected chi connectivity index (χ1v) is 30.3. The molecule has 6 heterocycles. The van der Waals surface area contributed by atoms with E-state index in [9.17, 15) is 111 Å². The summed E-state index contributed by atoms with van der Waals surface area (Å²) in [6, 6.07) is 3.21. The van der Waals surface area contributed by atoms with Crippen LogP contribution in [0.3, 0.4) is 0 Å². The Morgan fingerprint density at radius 1 is 0.473 bits per heavy atom. The van der Waals surface area contributed by atoms with E-state index in [-0.39, 0.29) is 36.8 Å². The molecular formula is C55H87N3O35. The van der Waals surface area contributed by atoms with Crippen LogP contribution in [0.25, 0.3) is 0 Å². The molecule has 0 saturated carbocycles. The van der Waals surface area contributed by atoms with Gasteiger partial charge in [0.2, 0.25) is 11.8 Å². The summed E-state index contributed by atoms with van der Waals surface area (Å²) in [7, 11) is 0. The SMILES string of the molecule is CC(=O)NC1[C@H](O[C@@H]2C(O)[C@@H](O[C@H]3C(CO)O[C@@H](O[C@@H]4C(CO)O[C@@H](OCCCCCNC(=O)CCCCC(=O)Oc5ccc([N+](=O)[O-])cc5)C(O)[C@H]4O)C(O)[C@H]3O)OC(CO)[C@@H]2O)OC(CO)[C@H](O)[C@@H]1O[C@@H]1OC(CO)[C@H](O)[C@H](O)C1O[C@@H]1OC(C)[C@@H](O)C(O)[C@@H]1O. The van der Waals surface area contributed by atoms with Gasteiger partial charge in [-0.1, -0.05) is 0 Å². The first-order valence-electron chi connectivity index (χ1n) is 30.3. The molecule has 6 aliphatic rings. The molecule has 6 aliphatic heterocycles. The Morgan fingerprint density at radius 2 is 0.935 bits per heavy atom. The standard InChI is InChI=1S/C55H87N3O35/c1-21-33(67)37(71)41(75)52(82-21)93-49-38(72)34(68)25(16-59)86-55(49)91-47-32(57-22(2)64)50(84-26(17-60)35(47)69)92-48-36(70)27(18-61)85-54(44(48)78)90-46-29(20-63)88-53(43(77)40(46)74)89-45-28(19-62)87-51(42(76)39(45)73)81-15-7-3-6-14-56-30(65)8-4-5-9-31(66)83-24-12-10-23(11-13-24)58(79)80/h10-13,21,25-29,32-55,59-63,67-78H,3-9,14-20H2,1-2H3,(H,56,65)(H,57,64)/t21?,25?,26?,27?,28?,29?,32?,33-,34+,35+,36+,37?,38+,39-,40-,41+,42?,43?,44?,45-,46+,47-,48+,49?,50+,51-,52+,53+,54-,55+/m1/s1. The lowest BCUT2D eigenvalue weighted by Gasteiger charge is -2.51. The van der Waals surface area contributed by atoms with Gasteiger partial charge in [-0.15, -0.1) is 0 Å². The second-order valence-corrected chi connectivity index (χ2v) is 23.2. The van der Waals surface area contributed by atoms with E-state index in [1.807, 2.05) is 0 Å². The van der Waals surface area contributed by atoms with Crippen LogP contribution in [-0.4, -0.2) is 340 Å². The molecule has 0 radical (unpaired) electrons. The predicted octanol–water partition coefficient (Wildman–Crippen LogP) is -9.54. The Labute approximate surface area is 529 Å². The van der Waals surface area contributed by atoms with E-state index in [4.69, 9.17) is 61.6 Å². The summed E-state index contributed by atoms with van der Waals surface area (Å²) in [5.74, 6) is -1.53. The highest BCUT2D eigenvalue weighted by Crippen LogP contribution is 2.38. The highest BCUT2D eigenvalue weighted by Gasteiger charge is 2.58. The number of nitrogens with one attached hydrogen (secondary N) is 2. The third kappa shape index (κ3) is 19.0. The predicted molar refractivity (Wildman–Crippen MR) is 297 cm³/mol. The molecular weight excluding hydrogens is 1260 g/mol. The number of benzene rings is 1. The number of nitro benzene ring substituents is 1. The summed E-state index contributed by atoms with van der Waals surface area (Å²) in [6.07, 6.45) is -52.1. The maximum atomic E-state index is 12.9. The van der Waals surface area contributed by atoms with E-state index in [1.165, 1.54) is 31.2 Å². The largest absolute Gasteiger partial charge is 0.427 e. The number of nitro groups is 1. The number of ether oxygens (including phenoxy) is 13. The molecule has 7 rings (SSSR count). The zero-order valence-electron chi connectivity index (χ0n) is 50.4. The van der Waals surface area contributed by atoms with Crippen LogP contribution in [0.1, 0.15) is 58.8 Å². The summed E-state index contributed by atoms with van der Waals surface area (Å²) in [6.45, 7) is -2.36. The number of unbranched alkanes of at least 4 members (excludes halogenated alkanes) is 3. The number of aliphatic hydroxyl groups excluding tert-OH is 17. The van der Waals surface area contributed by atoms with Crippen molar-refractivity contribution < 1.29 is 168 Å². The van der Waals surface area contributed by atoms with Crippen molar-refractivity contribution in [1.82, 2.24) is 10.6 Å². The van der Waals surface area contributed by atoms with Gasteiger partial charge in [0.1, 0.15) is 146 Å². The summed E-state index contributed by atoms with van der Waals surface area (Å²) in [4.78, 5) is 47.5. The van der Waals surface area contributed by atoms with Gasteiger partial charge in [0.15, 0.2) is 37.7 Å². The monoisotopic (exact) mass is 1350 g/mol. The molecule has 1 aromatic rings. The van der Waals surface area contributed by atoms with Crippen LogP contribution < -0.4 is 15.4 Å². The van der Waals surface area contributed by atoms with Gasteiger partial charge in [0.25, 0.3) is 5.69 Å². The minimum atomic E-state index is -2.25. The minimum absolute atomic E-state index is 0.0234. The highest BCUT2D eigenvalue weighted by molar-refractivity contribution is 5.76. The topological polar surface area (TPSA) is 582 Å². The van der Waals surface area contributed by atoms with E-state index in [2.05, 4.69) is 10.6 Å². The fourth-order valence-electron chi connectivity index (χ4n) is 11.3. The van der Waals surface area contributed by atoms with Gasteiger partial charge in [-0.3, -0.25) is 24.5 Å². The third-order valence-electron chi connectivity index (χ3n) is 16.5. The number of amides is 2. The summed E-state index contributed by atoms with van der Waals surface area (Å²) >= 11 is 0. The van der Waals surface area contributed by atoms with Crippen molar-refractivity contribution in [2.45, 2.75) is 243 Å². The Balaban J connectivity index is 0.921. The van der Waals surface area contributed by atoms with Gasteiger partial charge in [-0.25, -0.2) is 0 Å². The first-order chi connectivity index (χ1) is 44.3. The molecule has 1 aromatic carbocycles. The molecule has 12 unspecified atom stereocenters. The van der Waals surface area contributed by atoms with Crippen LogP contribution >= 0.6 is 0 Å². The molecule has 0 aromatic heterocycles. The average molecular weight is 1350 g/mol. The van der Waals surface area contributed by atoms with E-state index >= 15 is 0 Å². The number of hydrogen-bond donors (Lipinski definition) is 19. The number of non-ortho nitro benzene ring substituents is 1. The van der Waals surface area contributed by atoms with Gasteiger partial charge < -0.3 is 159 Å².